The highest BCUT2D eigenvalue weighted by molar-refractivity contribution is 6.30. The van der Waals surface area contributed by atoms with E-state index < -0.39 is 5.97 Å². The number of benzene rings is 2. The Balaban J connectivity index is 1.32. The van der Waals surface area contributed by atoms with Crippen molar-refractivity contribution < 1.29 is 28.3 Å². The molecular weight excluding hydrogens is 438 g/mol. The van der Waals surface area contributed by atoms with Crippen molar-refractivity contribution in [3.05, 3.63) is 70.3 Å². The van der Waals surface area contributed by atoms with Gasteiger partial charge < -0.3 is 24.1 Å². The van der Waals surface area contributed by atoms with Gasteiger partial charge >= 0.3 is 5.97 Å². The molecule has 3 aromatic rings. The first-order valence-electron chi connectivity index (χ1n) is 9.56. The van der Waals surface area contributed by atoms with Crippen molar-refractivity contribution in [3.63, 3.8) is 0 Å². The van der Waals surface area contributed by atoms with E-state index in [1.807, 2.05) is 0 Å². The van der Waals surface area contributed by atoms with Crippen LogP contribution >= 0.6 is 11.6 Å². The summed E-state index contributed by atoms with van der Waals surface area (Å²) in [6, 6.07) is 12.2. The minimum absolute atomic E-state index is 0.0687. The standard InChI is InChI=1S/C22H18ClN3O6/c1-29-18-5-3-2-4-16(18)24-20(27)10-19-25-21(32-26-19)12-31-22(28)14-8-13-9-15(23)6-7-17(13)30-11-14/h2-9H,10-12H2,1H3,(H,24,27). The van der Waals surface area contributed by atoms with Gasteiger partial charge in [-0.1, -0.05) is 28.9 Å². The normalized spacial score (nSPS) is 12.2. The molecule has 2 aromatic carbocycles. The van der Waals surface area contributed by atoms with Crippen LogP contribution in [-0.2, 0) is 27.4 Å². The van der Waals surface area contributed by atoms with Crippen LogP contribution in [0, 0.1) is 0 Å². The number of hydrogen-bond acceptors (Lipinski definition) is 8. The van der Waals surface area contributed by atoms with Crippen LogP contribution in [0.3, 0.4) is 0 Å². The number of carbonyl (C=O) groups excluding carboxylic acids is 2. The fourth-order valence-electron chi connectivity index (χ4n) is 2.99. The van der Waals surface area contributed by atoms with Crippen LogP contribution in [0.4, 0.5) is 5.69 Å². The molecular formula is C22H18ClN3O6. The average Bonchev–Trinajstić information content (AvgIpc) is 3.24. The van der Waals surface area contributed by atoms with Gasteiger partial charge in [0.05, 0.1) is 24.8 Å². The van der Waals surface area contributed by atoms with Crippen LogP contribution in [-0.4, -0.2) is 35.7 Å². The molecule has 0 aliphatic carbocycles. The van der Waals surface area contributed by atoms with Crippen LogP contribution in [0.15, 0.2) is 52.6 Å². The van der Waals surface area contributed by atoms with Gasteiger partial charge in [-0.25, -0.2) is 4.79 Å². The van der Waals surface area contributed by atoms with Crippen LogP contribution in [0.1, 0.15) is 17.3 Å². The van der Waals surface area contributed by atoms with Gasteiger partial charge in [0.1, 0.15) is 18.1 Å². The Morgan fingerprint density at radius 3 is 2.91 bits per heavy atom. The second-order valence-electron chi connectivity index (χ2n) is 6.75. The Kier molecular flexibility index (Phi) is 6.37. The highest BCUT2D eigenvalue weighted by Gasteiger charge is 2.20. The average molecular weight is 456 g/mol. The van der Waals surface area contributed by atoms with Crippen LogP contribution in [0.2, 0.25) is 5.02 Å². The Hall–Kier alpha value is -3.85. The number of para-hydroxylation sites is 2. The first-order chi connectivity index (χ1) is 15.5. The lowest BCUT2D eigenvalue weighted by Gasteiger charge is -2.17. The molecule has 0 saturated heterocycles. The minimum Gasteiger partial charge on any atom is -0.495 e. The predicted octanol–water partition coefficient (Wildman–Crippen LogP) is 3.43. The van der Waals surface area contributed by atoms with Gasteiger partial charge in [0.25, 0.3) is 5.89 Å². The van der Waals surface area contributed by atoms with Gasteiger partial charge in [0, 0.05) is 10.6 Å². The third-order valence-corrected chi connectivity index (χ3v) is 4.72. The fourth-order valence-corrected chi connectivity index (χ4v) is 3.17. The topological polar surface area (TPSA) is 113 Å². The van der Waals surface area contributed by atoms with Gasteiger partial charge in [0.2, 0.25) is 5.91 Å². The van der Waals surface area contributed by atoms with Crippen LogP contribution in [0.25, 0.3) is 6.08 Å². The maximum Gasteiger partial charge on any atom is 0.338 e. The number of carbonyl (C=O) groups is 2. The molecule has 1 amide bonds. The predicted molar refractivity (Wildman–Crippen MR) is 114 cm³/mol. The molecule has 10 heteroatoms. The number of rotatable bonds is 7. The molecule has 0 atom stereocenters. The zero-order valence-corrected chi connectivity index (χ0v) is 17.7. The summed E-state index contributed by atoms with van der Waals surface area (Å²) in [7, 11) is 1.52. The monoisotopic (exact) mass is 455 g/mol. The fraction of sp³-hybridized carbons (Fsp3) is 0.182. The Labute approximate surface area is 187 Å². The van der Waals surface area contributed by atoms with E-state index >= 15 is 0 Å². The Morgan fingerprint density at radius 2 is 2.06 bits per heavy atom. The molecule has 0 fully saturated rings. The number of aromatic nitrogens is 2. The molecule has 164 valence electrons. The van der Waals surface area contributed by atoms with E-state index in [0.29, 0.717) is 33.3 Å². The maximum atomic E-state index is 12.3. The molecule has 0 saturated carbocycles. The summed E-state index contributed by atoms with van der Waals surface area (Å²) in [5.74, 6) is 0.475. The smallest absolute Gasteiger partial charge is 0.338 e. The molecule has 1 aliphatic heterocycles. The van der Waals surface area contributed by atoms with Crippen molar-refractivity contribution in [2.24, 2.45) is 0 Å². The van der Waals surface area contributed by atoms with Crippen LogP contribution < -0.4 is 14.8 Å². The summed E-state index contributed by atoms with van der Waals surface area (Å²) in [4.78, 5) is 28.7. The number of amides is 1. The molecule has 0 radical (unpaired) electrons. The number of halogens is 1. The molecule has 1 aromatic heterocycles. The molecule has 4 rings (SSSR count). The van der Waals surface area contributed by atoms with E-state index in [-0.39, 0.29) is 37.3 Å². The first-order valence-corrected chi connectivity index (χ1v) is 9.94. The van der Waals surface area contributed by atoms with Gasteiger partial charge in [-0.15, -0.1) is 0 Å². The van der Waals surface area contributed by atoms with Crippen LogP contribution in [0.5, 0.6) is 11.5 Å². The summed E-state index contributed by atoms with van der Waals surface area (Å²) in [5, 5.41) is 7.00. The van der Waals surface area contributed by atoms with Crippen molar-refractivity contribution in [2.75, 3.05) is 19.0 Å². The van der Waals surface area contributed by atoms with Crippen molar-refractivity contribution in [1.82, 2.24) is 10.1 Å². The summed E-state index contributed by atoms with van der Waals surface area (Å²) in [6.07, 6.45) is 1.54. The summed E-state index contributed by atoms with van der Waals surface area (Å²) in [6.45, 7) is -0.161. The molecule has 0 spiro atoms. The lowest BCUT2D eigenvalue weighted by Crippen LogP contribution is -2.17. The van der Waals surface area contributed by atoms with Gasteiger partial charge in [-0.05, 0) is 36.4 Å². The summed E-state index contributed by atoms with van der Waals surface area (Å²) < 4.78 is 21.0. The van der Waals surface area contributed by atoms with E-state index in [1.54, 1.807) is 48.5 Å². The first kappa shape index (κ1) is 21.4. The number of methoxy groups -OCH3 is 1. The van der Waals surface area contributed by atoms with Gasteiger partial charge in [-0.2, -0.15) is 4.98 Å². The molecule has 0 bridgehead atoms. The Morgan fingerprint density at radius 1 is 1.22 bits per heavy atom. The van der Waals surface area contributed by atoms with Gasteiger partial charge in [0.15, 0.2) is 12.4 Å². The molecule has 1 N–H and O–H groups in total. The quantitative estimate of drug-likeness (QED) is 0.539. The number of hydrogen-bond donors (Lipinski definition) is 1. The lowest BCUT2D eigenvalue weighted by molar-refractivity contribution is -0.141. The van der Waals surface area contributed by atoms with Crippen molar-refractivity contribution >= 4 is 35.2 Å². The van der Waals surface area contributed by atoms with E-state index in [1.165, 1.54) is 7.11 Å². The number of fused-ring (bicyclic) bond motifs is 1. The number of nitrogens with zero attached hydrogens (tertiary/aromatic N) is 2. The van der Waals surface area contributed by atoms with Crippen molar-refractivity contribution in [2.45, 2.75) is 13.0 Å². The third kappa shape index (κ3) is 5.06. The SMILES string of the molecule is COc1ccccc1NC(=O)Cc1noc(COC(=O)C2=Cc3cc(Cl)ccc3OC2)n1. The molecule has 2 heterocycles. The largest absolute Gasteiger partial charge is 0.495 e. The maximum absolute atomic E-state index is 12.3. The highest BCUT2D eigenvalue weighted by atomic mass is 35.5. The van der Waals surface area contributed by atoms with E-state index in [4.69, 9.17) is 30.3 Å². The molecule has 0 unspecified atom stereocenters. The summed E-state index contributed by atoms with van der Waals surface area (Å²) >= 11 is 5.98. The number of nitrogens with one attached hydrogen (secondary N) is 1. The number of ether oxygens (including phenoxy) is 3. The molecule has 32 heavy (non-hydrogen) atoms. The second kappa shape index (κ2) is 9.52. The third-order valence-electron chi connectivity index (χ3n) is 4.48. The number of anilines is 1. The van der Waals surface area contributed by atoms with Crippen molar-refractivity contribution in [1.29, 1.82) is 0 Å². The van der Waals surface area contributed by atoms with E-state index in [9.17, 15) is 9.59 Å². The van der Waals surface area contributed by atoms with E-state index in [2.05, 4.69) is 15.5 Å². The highest BCUT2D eigenvalue weighted by Crippen LogP contribution is 2.29. The van der Waals surface area contributed by atoms with Crippen molar-refractivity contribution in [3.8, 4) is 11.5 Å². The van der Waals surface area contributed by atoms with E-state index in [0.717, 1.165) is 0 Å². The Bertz CT molecular complexity index is 1190. The zero-order valence-electron chi connectivity index (χ0n) is 17.0. The van der Waals surface area contributed by atoms with Gasteiger partial charge in [-0.3, -0.25) is 4.79 Å². The molecule has 1 aliphatic rings. The lowest BCUT2D eigenvalue weighted by atomic mass is 10.1. The number of esters is 1. The zero-order chi connectivity index (χ0) is 22.5. The minimum atomic E-state index is -0.579. The second-order valence-corrected chi connectivity index (χ2v) is 7.18. The molecule has 9 nitrogen and oxygen atoms in total. The summed E-state index contributed by atoms with van der Waals surface area (Å²) in [5.41, 5.74) is 1.55.